The number of aryl methyl sites for hydroxylation is 1. The first-order valence-electron chi connectivity index (χ1n) is 11.9. The Labute approximate surface area is 224 Å². The molecular weight excluding hydrogens is 510 g/mol. The molecule has 0 aliphatic rings. The summed E-state index contributed by atoms with van der Waals surface area (Å²) in [5, 5.41) is 3.44. The summed E-state index contributed by atoms with van der Waals surface area (Å²) in [4.78, 5) is 28.0. The van der Waals surface area contributed by atoms with Gasteiger partial charge in [0, 0.05) is 24.7 Å². The zero-order valence-corrected chi connectivity index (χ0v) is 22.8. The molecule has 37 heavy (non-hydrogen) atoms. The van der Waals surface area contributed by atoms with Gasteiger partial charge in [-0.1, -0.05) is 83.9 Å². The number of nitrogens with one attached hydrogen (secondary N) is 1. The molecule has 9 heteroatoms. The number of sulfonamides is 1. The van der Waals surface area contributed by atoms with Gasteiger partial charge >= 0.3 is 0 Å². The van der Waals surface area contributed by atoms with E-state index in [4.69, 9.17) is 11.6 Å². The third-order valence-corrected chi connectivity index (χ3v) is 7.45. The van der Waals surface area contributed by atoms with Crippen molar-refractivity contribution in [3.8, 4) is 0 Å². The average Bonchev–Trinajstić information content (AvgIpc) is 2.87. The number of hydrogen-bond acceptors (Lipinski definition) is 4. The van der Waals surface area contributed by atoms with E-state index in [0.29, 0.717) is 11.6 Å². The highest BCUT2D eigenvalue weighted by Gasteiger charge is 2.29. The van der Waals surface area contributed by atoms with Crippen molar-refractivity contribution in [3.05, 3.63) is 106 Å². The van der Waals surface area contributed by atoms with E-state index in [0.717, 1.165) is 32.8 Å². The van der Waals surface area contributed by atoms with Gasteiger partial charge in [0.1, 0.15) is 6.04 Å². The van der Waals surface area contributed by atoms with Crippen molar-refractivity contribution in [2.45, 2.75) is 39.5 Å². The molecule has 196 valence electrons. The summed E-state index contributed by atoms with van der Waals surface area (Å²) in [6.45, 7) is 3.72. The molecule has 0 spiro atoms. The van der Waals surface area contributed by atoms with Crippen molar-refractivity contribution in [1.29, 1.82) is 0 Å². The lowest BCUT2D eigenvalue weighted by molar-refractivity contribution is -0.140. The predicted octanol–water partition coefficient (Wildman–Crippen LogP) is 4.14. The molecule has 0 unspecified atom stereocenters. The molecule has 0 saturated heterocycles. The molecule has 0 aliphatic carbocycles. The maximum absolute atomic E-state index is 13.5. The van der Waals surface area contributed by atoms with Crippen molar-refractivity contribution in [3.63, 3.8) is 0 Å². The molecule has 0 heterocycles. The van der Waals surface area contributed by atoms with Crippen LogP contribution in [0.5, 0.6) is 0 Å². The van der Waals surface area contributed by atoms with E-state index < -0.39 is 28.5 Å². The molecule has 0 saturated carbocycles. The number of hydrogen-bond donors (Lipinski definition) is 1. The van der Waals surface area contributed by atoms with Crippen LogP contribution in [0, 0.1) is 6.92 Å². The van der Waals surface area contributed by atoms with E-state index in [1.165, 1.54) is 4.90 Å². The number of halogens is 1. The van der Waals surface area contributed by atoms with E-state index in [-0.39, 0.29) is 19.0 Å². The lowest BCUT2D eigenvalue weighted by atomic mass is 10.1. The second-order valence-electron chi connectivity index (χ2n) is 9.04. The molecule has 1 atom stereocenters. The fraction of sp³-hybridized carbons (Fsp3) is 0.286. The highest BCUT2D eigenvalue weighted by molar-refractivity contribution is 7.88. The molecule has 0 aromatic heterocycles. The molecule has 3 aromatic carbocycles. The van der Waals surface area contributed by atoms with Crippen LogP contribution in [-0.2, 0) is 39.2 Å². The van der Waals surface area contributed by atoms with E-state index in [1.807, 2.05) is 49.4 Å². The number of carbonyl (C=O) groups excluding carboxylic acids is 2. The monoisotopic (exact) mass is 541 g/mol. The Bertz CT molecular complexity index is 1300. The smallest absolute Gasteiger partial charge is 0.242 e. The van der Waals surface area contributed by atoms with Crippen LogP contribution < -0.4 is 5.32 Å². The minimum atomic E-state index is -3.70. The summed E-state index contributed by atoms with van der Waals surface area (Å²) in [6.07, 6.45) is 1.07. The summed E-state index contributed by atoms with van der Waals surface area (Å²) in [5.41, 5.74) is 3.58. The van der Waals surface area contributed by atoms with Crippen LogP contribution in [0.15, 0.2) is 78.9 Å². The molecule has 1 N–H and O–H groups in total. The highest BCUT2D eigenvalue weighted by Crippen LogP contribution is 2.16. The van der Waals surface area contributed by atoms with Crippen LogP contribution >= 0.6 is 11.6 Å². The Hall–Kier alpha value is -3.20. The standard InChI is InChI=1S/C28H32ClN3O4S/c1-21-9-11-23(12-10-21)17-30-28(34)22(2)32(19-25-13-15-26(29)16-14-25)27(33)20-31(37(3,35)36)18-24-7-5-4-6-8-24/h4-16,22H,17-20H2,1-3H3,(H,30,34)/t22-/m1/s1. The molecule has 0 radical (unpaired) electrons. The minimum Gasteiger partial charge on any atom is -0.350 e. The lowest BCUT2D eigenvalue weighted by Gasteiger charge is -2.31. The van der Waals surface area contributed by atoms with E-state index >= 15 is 0 Å². The van der Waals surface area contributed by atoms with Crippen LogP contribution in [-0.4, -0.2) is 48.3 Å². The number of nitrogens with zero attached hydrogens (tertiary/aromatic N) is 2. The number of benzene rings is 3. The topological polar surface area (TPSA) is 86.8 Å². The van der Waals surface area contributed by atoms with Gasteiger partial charge in [0.05, 0.1) is 12.8 Å². The lowest BCUT2D eigenvalue weighted by Crippen LogP contribution is -2.50. The summed E-state index contributed by atoms with van der Waals surface area (Å²) < 4.78 is 26.2. The van der Waals surface area contributed by atoms with Crippen molar-refractivity contribution >= 4 is 33.4 Å². The van der Waals surface area contributed by atoms with Gasteiger partial charge in [0.2, 0.25) is 21.8 Å². The van der Waals surface area contributed by atoms with Crippen molar-refractivity contribution in [1.82, 2.24) is 14.5 Å². The number of amides is 2. The normalized spacial score (nSPS) is 12.2. The molecule has 0 fully saturated rings. The molecule has 3 aromatic rings. The van der Waals surface area contributed by atoms with Gasteiger partial charge in [-0.25, -0.2) is 8.42 Å². The zero-order valence-electron chi connectivity index (χ0n) is 21.2. The maximum Gasteiger partial charge on any atom is 0.242 e. The summed E-state index contributed by atoms with van der Waals surface area (Å²) >= 11 is 6.01. The molecular formula is C28H32ClN3O4S. The highest BCUT2D eigenvalue weighted by atomic mass is 35.5. The van der Waals surface area contributed by atoms with E-state index in [2.05, 4.69) is 5.32 Å². The fourth-order valence-corrected chi connectivity index (χ4v) is 4.59. The Morgan fingerprint density at radius 1 is 0.865 bits per heavy atom. The van der Waals surface area contributed by atoms with Gasteiger partial charge in [0.15, 0.2) is 0 Å². The van der Waals surface area contributed by atoms with Crippen LogP contribution in [0.4, 0.5) is 0 Å². The Balaban J connectivity index is 1.80. The van der Waals surface area contributed by atoms with Gasteiger partial charge in [-0.05, 0) is 42.7 Å². The SMILES string of the molecule is Cc1ccc(CNC(=O)[C@@H](C)N(Cc2ccc(Cl)cc2)C(=O)CN(Cc2ccccc2)S(C)(=O)=O)cc1. The first-order chi connectivity index (χ1) is 17.5. The van der Waals surface area contributed by atoms with Gasteiger partial charge < -0.3 is 10.2 Å². The van der Waals surface area contributed by atoms with Crippen LogP contribution in [0.25, 0.3) is 0 Å². The summed E-state index contributed by atoms with van der Waals surface area (Å²) in [7, 11) is -3.70. The fourth-order valence-electron chi connectivity index (χ4n) is 3.73. The average molecular weight is 542 g/mol. The molecule has 2 amide bonds. The predicted molar refractivity (Wildman–Crippen MR) is 146 cm³/mol. The molecule has 3 rings (SSSR count). The first-order valence-corrected chi connectivity index (χ1v) is 14.1. The second-order valence-corrected chi connectivity index (χ2v) is 11.5. The zero-order chi connectivity index (χ0) is 27.0. The van der Waals surface area contributed by atoms with Gasteiger partial charge in [-0.3, -0.25) is 9.59 Å². The van der Waals surface area contributed by atoms with E-state index in [1.54, 1.807) is 43.3 Å². The first kappa shape index (κ1) is 28.4. The van der Waals surface area contributed by atoms with Gasteiger partial charge in [-0.15, -0.1) is 0 Å². The third-order valence-electron chi connectivity index (χ3n) is 6.00. The van der Waals surface area contributed by atoms with Crippen molar-refractivity contribution < 1.29 is 18.0 Å². The summed E-state index contributed by atoms with van der Waals surface area (Å²) in [6, 6.07) is 23.0. The molecule has 7 nitrogen and oxygen atoms in total. The number of rotatable bonds is 11. The number of carbonyl (C=O) groups is 2. The van der Waals surface area contributed by atoms with Crippen molar-refractivity contribution in [2.75, 3.05) is 12.8 Å². The summed E-state index contributed by atoms with van der Waals surface area (Å²) in [5.74, 6) is -0.814. The minimum absolute atomic E-state index is 0.0498. The Kier molecular flexibility index (Phi) is 9.86. The van der Waals surface area contributed by atoms with Gasteiger partial charge in [-0.2, -0.15) is 4.31 Å². The quantitative estimate of drug-likeness (QED) is 0.395. The van der Waals surface area contributed by atoms with Crippen LogP contribution in [0.2, 0.25) is 5.02 Å². The third kappa shape index (κ3) is 8.70. The van der Waals surface area contributed by atoms with Crippen LogP contribution in [0.3, 0.4) is 0 Å². The second kappa shape index (κ2) is 12.9. The van der Waals surface area contributed by atoms with Gasteiger partial charge in [0.25, 0.3) is 0 Å². The van der Waals surface area contributed by atoms with E-state index in [9.17, 15) is 18.0 Å². The van der Waals surface area contributed by atoms with Crippen LogP contribution in [0.1, 0.15) is 29.2 Å². The Morgan fingerprint density at radius 2 is 1.43 bits per heavy atom. The molecule has 0 bridgehead atoms. The Morgan fingerprint density at radius 3 is 2.03 bits per heavy atom. The van der Waals surface area contributed by atoms with Crippen molar-refractivity contribution in [2.24, 2.45) is 0 Å². The largest absolute Gasteiger partial charge is 0.350 e. The molecule has 0 aliphatic heterocycles. The maximum atomic E-state index is 13.5.